The molecule has 0 spiro atoms. The Morgan fingerprint density at radius 2 is 2.06 bits per heavy atom. The van der Waals surface area contributed by atoms with Gasteiger partial charge in [-0.2, -0.15) is 0 Å². The van der Waals surface area contributed by atoms with Crippen molar-refractivity contribution in [3.63, 3.8) is 0 Å². The lowest BCUT2D eigenvalue weighted by molar-refractivity contribution is -0.138. The SMILES string of the molecule is COc1cc(O)c(C(C)(C)CC(=O)O)cc1F. The molecule has 0 saturated carbocycles. The summed E-state index contributed by atoms with van der Waals surface area (Å²) in [6.07, 6.45) is -0.202. The van der Waals surface area contributed by atoms with E-state index in [9.17, 15) is 14.3 Å². The molecule has 5 heteroatoms. The average molecular weight is 242 g/mol. The summed E-state index contributed by atoms with van der Waals surface area (Å²) >= 11 is 0. The van der Waals surface area contributed by atoms with Crippen LogP contribution in [0.1, 0.15) is 25.8 Å². The van der Waals surface area contributed by atoms with Crippen molar-refractivity contribution in [3.05, 3.63) is 23.5 Å². The van der Waals surface area contributed by atoms with Gasteiger partial charge in [0, 0.05) is 17.0 Å². The fraction of sp³-hybridized carbons (Fsp3) is 0.417. The third-order valence-corrected chi connectivity index (χ3v) is 2.59. The number of phenolic OH excluding ortho intramolecular Hbond substituents is 1. The van der Waals surface area contributed by atoms with Crippen molar-refractivity contribution in [2.24, 2.45) is 0 Å². The Bertz CT molecular complexity index is 440. The lowest BCUT2D eigenvalue weighted by Gasteiger charge is -2.24. The molecule has 94 valence electrons. The lowest BCUT2D eigenvalue weighted by atomic mass is 9.81. The summed E-state index contributed by atoms with van der Waals surface area (Å²) in [5.74, 6) is -1.88. The van der Waals surface area contributed by atoms with E-state index in [0.29, 0.717) is 0 Å². The Kier molecular flexibility index (Phi) is 3.60. The minimum absolute atomic E-state index is 0.0719. The van der Waals surface area contributed by atoms with E-state index in [2.05, 4.69) is 0 Å². The molecule has 0 aliphatic heterocycles. The van der Waals surface area contributed by atoms with Crippen LogP contribution >= 0.6 is 0 Å². The highest BCUT2D eigenvalue weighted by molar-refractivity contribution is 5.69. The number of phenols is 1. The number of carboxylic acid groups (broad SMARTS) is 1. The van der Waals surface area contributed by atoms with Crippen molar-refractivity contribution >= 4 is 5.97 Å². The smallest absolute Gasteiger partial charge is 0.304 e. The number of benzene rings is 1. The first-order chi connectivity index (χ1) is 7.77. The first kappa shape index (κ1) is 13.3. The second-order valence-corrected chi connectivity index (χ2v) is 4.46. The standard InChI is InChI=1S/C12H15FO4/c1-12(2,6-11(15)16)7-4-8(13)10(17-3)5-9(7)14/h4-5,14H,6H2,1-3H3,(H,15,16). The summed E-state index contributed by atoms with van der Waals surface area (Å²) in [5.41, 5.74) is -0.610. The molecule has 17 heavy (non-hydrogen) atoms. The molecule has 0 heterocycles. The van der Waals surface area contributed by atoms with Gasteiger partial charge in [0.15, 0.2) is 11.6 Å². The third-order valence-electron chi connectivity index (χ3n) is 2.59. The normalized spacial score (nSPS) is 11.3. The minimum Gasteiger partial charge on any atom is -0.508 e. The maximum Gasteiger partial charge on any atom is 0.304 e. The Morgan fingerprint density at radius 1 is 1.47 bits per heavy atom. The fourth-order valence-corrected chi connectivity index (χ4v) is 1.71. The van der Waals surface area contributed by atoms with Crippen LogP contribution < -0.4 is 4.74 Å². The number of hydrogen-bond acceptors (Lipinski definition) is 3. The molecule has 0 radical (unpaired) electrons. The highest BCUT2D eigenvalue weighted by Crippen LogP contribution is 2.37. The maximum absolute atomic E-state index is 13.5. The van der Waals surface area contributed by atoms with Crippen LogP contribution in [0.15, 0.2) is 12.1 Å². The maximum atomic E-state index is 13.5. The monoisotopic (exact) mass is 242 g/mol. The molecular weight excluding hydrogens is 227 g/mol. The van der Waals surface area contributed by atoms with Gasteiger partial charge in [-0.15, -0.1) is 0 Å². The van der Waals surface area contributed by atoms with Crippen LogP contribution in [0.2, 0.25) is 0 Å². The zero-order chi connectivity index (χ0) is 13.2. The third kappa shape index (κ3) is 2.87. The number of rotatable bonds is 4. The van der Waals surface area contributed by atoms with Crippen molar-refractivity contribution in [1.82, 2.24) is 0 Å². The van der Waals surface area contributed by atoms with E-state index in [1.54, 1.807) is 13.8 Å². The van der Waals surface area contributed by atoms with Crippen molar-refractivity contribution in [1.29, 1.82) is 0 Å². The molecular formula is C12H15FO4. The Labute approximate surface area is 98.7 Å². The summed E-state index contributed by atoms with van der Waals surface area (Å²) in [5, 5.41) is 18.5. The summed E-state index contributed by atoms with van der Waals surface area (Å²) in [4.78, 5) is 10.7. The quantitative estimate of drug-likeness (QED) is 0.850. The van der Waals surface area contributed by atoms with Crippen LogP contribution in [0, 0.1) is 5.82 Å². The molecule has 1 aromatic carbocycles. The number of ether oxygens (including phenoxy) is 1. The lowest BCUT2D eigenvalue weighted by Crippen LogP contribution is -2.22. The number of halogens is 1. The minimum atomic E-state index is -1.01. The molecule has 4 nitrogen and oxygen atoms in total. The van der Waals surface area contributed by atoms with Gasteiger partial charge in [0.2, 0.25) is 0 Å². The van der Waals surface area contributed by atoms with Crippen LogP contribution in [-0.2, 0) is 10.2 Å². The van der Waals surface area contributed by atoms with Gasteiger partial charge >= 0.3 is 5.97 Å². The number of hydrogen-bond donors (Lipinski definition) is 2. The Hall–Kier alpha value is -1.78. The Balaban J connectivity index is 3.22. The summed E-state index contributed by atoms with van der Waals surface area (Å²) in [7, 11) is 1.29. The van der Waals surface area contributed by atoms with Gasteiger partial charge in [-0.3, -0.25) is 4.79 Å². The first-order valence-electron chi connectivity index (χ1n) is 5.06. The van der Waals surface area contributed by atoms with Gasteiger partial charge in [0.25, 0.3) is 0 Å². The number of aliphatic carboxylic acids is 1. The number of carboxylic acids is 1. The van der Waals surface area contributed by atoms with Gasteiger partial charge in [-0.1, -0.05) is 13.8 Å². The van der Waals surface area contributed by atoms with Crippen molar-refractivity contribution in [3.8, 4) is 11.5 Å². The molecule has 0 unspecified atom stereocenters. The molecule has 1 aromatic rings. The Morgan fingerprint density at radius 3 is 2.53 bits per heavy atom. The van der Waals surface area contributed by atoms with E-state index >= 15 is 0 Å². The predicted molar refractivity (Wildman–Crippen MR) is 59.9 cm³/mol. The molecule has 2 N–H and O–H groups in total. The van der Waals surface area contributed by atoms with E-state index < -0.39 is 17.2 Å². The van der Waals surface area contributed by atoms with Crippen molar-refractivity contribution in [2.45, 2.75) is 25.7 Å². The first-order valence-corrected chi connectivity index (χ1v) is 5.06. The molecule has 0 atom stereocenters. The topological polar surface area (TPSA) is 66.8 Å². The molecule has 0 amide bonds. The highest BCUT2D eigenvalue weighted by Gasteiger charge is 2.28. The van der Waals surface area contributed by atoms with Crippen LogP contribution in [0.4, 0.5) is 4.39 Å². The van der Waals surface area contributed by atoms with Crippen LogP contribution in [0.3, 0.4) is 0 Å². The van der Waals surface area contributed by atoms with Gasteiger partial charge in [-0.25, -0.2) is 4.39 Å². The second kappa shape index (κ2) is 4.61. The van der Waals surface area contributed by atoms with Gasteiger partial charge in [0.05, 0.1) is 13.5 Å². The van der Waals surface area contributed by atoms with E-state index in [-0.39, 0.29) is 23.5 Å². The number of aromatic hydroxyl groups is 1. The second-order valence-electron chi connectivity index (χ2n) is 4.46. The molecule has 0 saturated heterocycles. The molecule has 0 bridgehead atoms. The van der Waals surface area contributed by atoms with E-state index in [1.165, 1.54) is 7.11 Å². The zero-order valence-electron chi connectivity index (χ0n) is 9.95. The van der Waals surface area contributed by atoms with Crippen molar-refractivity contribution < 1.29 is 24.1 Å². The van der Waals surface area contributed by atoms with E-state index in [4.69, 9.17) is 9.84 Å². The molecule has 1 rings (SSSR count). The van der Waals surface area contributed by atoms with Gasteiger partial charge in [0.1, 0.15) is 5.75 Å². The molecule has 0 aliphatic rings. The van der Waals surface area contributed by atoms with Crippen LogP contribution in [0.5, 0.6) is 11.5 Å². The predicted octanol–water partition coefficient (Wildman–Crippen LogP) is 2.29. The summed E-state index contributed by atoms with van der Waals surface area (Å²) in [6, 6.07) is 2.26. The van der Waals surface area contributed by atoms with E-state index in [0.717, 1.165) is 12.1 Å². The zero-order valence-corrected chi connectivity index (χ0v) is 9.95. The molecule has 0 fully saturated rings. The number of methoxy groups -OCH3 is 1. The molecule has 0 aliphatic carbocycles. The molecule has 0 aromatic heterocycles. The van der Waals surface area contributed by atoms with Crippen molar-refractivity contribution in [2.75, 3.05) is 7.11 Å². The number of carbonyl (C=O) groups is 1. The van der Waals surface area contributed by atoms with E-state index in [1.807, 2.05) is 0 Å². The fourth-order valence-electron chi connectivity index (χ4n) is 1.71. The largest absolute Gasteiger partial charge is 0.508 e. The van der Waals surface area contributed by atoms with Gasteiger partial charge < -0.3 is 14.9 Å². The highest BCUT2D eigenvalue weighted by atomic mass is 19.1. The summed E-state index contributed by atoms with van der Waals surface area (Å²) in [6.45, 7) is 3.25. The summed E-state index contributed by atoms with van der Waals surface area (Å²) < 4.78 is 18.2. The average Bonchev–Trinajstić information content (AvgIpc) is 2.18. The van der Waals surface area contributed by atoms with Crippen LogP contribution in [-0.4, -0.2) is 23.3 Å². The van der Waals surface area contributed by atoms with Crippen LogP contribution in [0.25, 0.3) is 0 Å². The van der Waals surface area contributed by atoms with Gasteiger partial charge in [-0.05, 0) is 6.07 Å².